The van der Waals surface area contributed by atoms with Crippen LogP contribution in [-0.2, 0) is 16.7 Å². The van der Waals surface area contributed by atoms with E-state index in [2.05, 4.69) is 20.0 Å². The van der Waals surface area contributed by atoms with Crippen molar-refractivity contribution in [2.45, 2.75) is 24.8 Å². The zero-order chi connectivity index (χ0) is 15.3. The van der Waals surface area contributed by atoms with Gasteiger partial charge in [0.05, 0.1) is 0 Å². The lowest BCUT2D eigenvalue weighted by atomic mass is 9.93. The molecule has 2 aromatic rings. The number of benzene rings is 1. The number of aryl methyl sites for hydroxylation is 1. The summed E-state index contributed by atoms with van der Waals surface area (Å²) in [6, 6.07) is 5.43. The second-order valence-electron chi connectivity index (χ2n) is 5.41. The summed E-state index contributed by atoms with van der Waals surface area (Å²) in [5.41, 5.74) is 2.14. The summed E-state index contributed by atoms with van der Waals surface area (Å²) in [4.78, 5) is 15.0. The van der Waals surface area contributed by atoms with Crippen molar-refractivity contribution in [3.63, 3.8) is 0 Å². The zero-order valence-electron chi connectivity index (χ0n) is 11.3. The van der Waals surface area contributed by atoms with Gasteiger partial charge in [-0.1, -0.05) is 17.3 Å². The molecule has 2 heterocycles. The first-order valence-electron chi connectivity index (χ1n) is 6.78. The molecule has 1 atom stereocenters. The Morgan fingerprint density at radius 1 is 1.36 bits per heavy atom. The van der Waals surface area contributed by atoms with E-state index >= 15 is 0 Å². The predicted molar refractivity (Wildman–Crippen MR) is 69.2 cm³/mol. The van der Waals surface area contributed by atoms with Gasteiger partial charge < -0.3 is 14.6 Å². The van der Waals surface area contributed by atoms with Crippen molar-refractivity contribution in [1.29, 1.82) is 0 Å². The minimum absolute atomic E-state index is 0.130. The summed E-state index contributed by atoms with van der Waals surface area (Å²) in [6.45, 7) is 0.302. The molecule has 1 saturated heterocycles. The number of fused-ring (bicyclic) bond motifs is 2. The normalized spacial score (nSPS) is 23.0. The number of alkyl carbamates (subject to hydrolysis) is 1. The Morgan fingerprint density at radius 2 is 2.23 bits per heavy atom. The Kier molecular flexibility index (Phi) is 2.69. The Bertz CT molecular complexity index is 762. The highest BCUT2D eigenvalue weighted by Crippen LogP contribution is 2.40. The molecule has 6 nitrogen and oxygen atoms in total. The fourth-order valence-corrected chi connectivity index (χ4v) is 3.07. The van der Waals surface area contributed by atoms with E-state index in [-0.39, 0.29) is 5.82 Å². The lowest BCUT2D eigenvalue weighted by molar-refractivity contribution is 0.106. The molecule has 1 aromatic heterocycles. The van der Waals surface area contributed by atoms with Crippen LogP contribution < -0.4 is 5.32 Å². The van der Waals surface area contributed by atoms with Gasteiger partial charge in [0, 0.05) is 5.56 Å². The van der Waals surface area contributed by atoms with Crippen LogP contribution >= 0.6 is 0 Å². The van der Waals surface area contributed by atoms with Gasteiger partial charge >= 0.3 is 12.5 Å². The Labute approximate surface area is 123 Å². The summed E-state index contributed by atoms with van der Waals surface area (Å²) < 4.78 is 34.5. The van der Waals surface area contributed by atoms with Crippen LogP contribution in [0.2, 0.25) is 0 Å². The number of hydrogen-bond acceptors (Lipinski definition) is 5. The van der Waals surface area contributed by atoms with Gasteiger partial charge in [-0.15, -0.1) is 0 Å². The molecule has 0 bridgehead atoms. The van der Waals surface area contributed by atoms with Crippen molar-refractivity contribution in [3.8, 4) is 11.4 Å². The highest BCUT2D eigenvalue weighted by atomic mass is 19.3. The molecule has 1 aliphatic carbocycles. The number of ether oxygens (including phenoxy) is 1. The van der Waals surface area contributed by atoms with Crippen molar-refractivity contribution in [1.82, 2.24) is 15.5 Å². The maximum atomic E-state index is 12.5. The molecule has 22 heavy (non-hydrogen) atoms. The lowest BCUT2D eigenvalue weighted by Crippen LogP contribution is -2.38. The van der Waals surface area contributed by atoms with Crippen molar-refractivity contribution in [2.24, 2.45) is 0 Å². The second-order valence-corrected chi connectivity index (χ2v) is 5.41. The quantitative estimate of drug-likeness (QED) is 0.922. The molecule has 1 aromatic carbocycles. The van der Waals surface area contributed by atoms with Crippen molar-refractivity contribution >= 4 is 6.09 Å². The molecule has 1 N–H and O–H groups in total. The average Bonchev–Trinajstić information content (AvgIpc) is 3.19. The van der Waals surface area contributed by atoms with Gasteiger partial charge in [0.2, 0.25) is 5.82 Å². The van der Waals surface area contributed by atoms with Crippen LogP contribution in [0.3, 0.4) is 0 Å². The van der Waals surface area contributed by atoms with Gasteiger partial charge in [0.1, 0.15) is 12.1 Å². The molecule has 1 aliphatic heterocycles. The first kappa shape index (κ1) is 13.2. The van der Waals surface area contributed by atoms with E-state index in [9.17, 15) is 13.6 Å². The van der Waals surface area contributed by atoms with E-state index in [4.69, 9.17) is 4.74 Å². The Balaban J connectivity index is 1.69. The maximum Gasteiger partial charge on any atom is 0.408 e. The Morgan fingerprint density at radius 3 is 2.91 bits per heavy atom. The van der Waals surface area contributed by atoms with Crippen molar-refractivity contribution < 1.29 is 22.8 Å². The molecular weight excluding hydrogens is 296 g/mol. The summed E-state index contributed by atoms with van der Waals surface area (Å²) in [7, 11) is 0. The first-order chi connectivity index (χ1) is 10.6. The van der Waals surface area contributed by atoms with Crippen LogP contribution in [0, 0.1) is 0 Å². The molecule has 8 heteroatoms. The van der Waals surface area contributed by atoms with Crippen LogP contribution in [0.1, 0.15) is 29.9 Å². The summed E-state index contributed by atoms with van der Waals surface area (Å²) in [5.74, 6) is -0.561. The number of cyclic esters (lactones) is 1. The highest BCUT2D eigenvalue weighted by molar-refractivity contribution is 5.72. The Hall–Kier alpha value is -2.51. The number of halogens is 2. The number of carbonyl (C=O) groups excluding carboxylic acids is 1. The number of rotatable bonds is 2. The van der Waals surface area contributed by atoms with E-state index in [1.54, 1.807) is 6.07 Å². The summed E-state index contributed by atoms with van der Waals surface area (Å²) >= 11 is 0. The molecule has 0 unspecified atom stereocenters. The second kappa shape index (κ2) is 4.49. The molecule has 0 radical (unpaired) electrons. The molecule has 1 fully saturated rings. The lowest BCUT2D eigenvalue weighted by Gasteiger charge is -2.21. The molecule has 1 spiro atoms. The minimum Gasteiger partial charge on any atom is -0.447 e. The fourth-order valence-electron chi connectivity index (χ4n) is 3.07. The van der Waals surface area contributed by atoms with E-state index in [1.807, 2.05) is 12.1 Å². The highest BCUT2D eigenvalue weighted by Gasteiger charge is 2.45. The first-order valence-corrected chi connectivity index (χ1v) is 6.78. The molecule has 2 aliphatic rings. The van der Waals surface area contributed by atoms with Gasteiger partial charge in [-0.05, 0) is 30.0 Å². The topological polar surface area (TPSA) is 77.3 Å². The number of nitrogens with one attached hydrogen (secondary N) is 1. The van der Waals surface area contributed by atoms with Crippen LogP contribution in [0.25, 0.3) is 11.4 Å². The van der Waals surface area contributed by atoms with E-state index in [0.717, 1.165) is 24.0 Å². The fraction of sp³-hybridized carbons (Fsp3) is 0.357. The van der Waals surface area contributed by atoms with Crippen LogP contribution in [-0.4, -0.2) is 22.8 Å². The number of carbonyl (C=O) groups is 1. The van der Waals surface area contributed by atoms with Crippen LogP contribution in [0.4, 0.5) is 13.6 Å². The van der Waals surface area contributed by atoms with Crippen LogP contribution in [0.15, 0.2) is 22.7 Å². The molecule has 114 valence electrons. The largest absolute Gasteiger partial charge is 0.447 e. The predicted octanol–water partition coefficient (Wildman–Crippen LogP) is 2.56. The van der Waals surface area contributed by atoms with Gasteiger partial charge in [0.15, 0.2) is 0 Å². The minimum atomic E-state index is -2.79. The van der Waals surface area contributed by atoms with E-state index < -0.39 is 23.9 Å². The van der Waals surface area contributed by atoms with Crippen molar-refractivity contribution in [2.75, 3.05) is 6.61 Å². The zero-order valence-corrected chi connectivity index (χ0v) is 11.3. The molecule has 0 saturated carbocycles. The number of nitrogens with zero attached hydrogens (tertiary/aromatic N) is 2. The van der Waals surface area contributed by atoms with Gasteiger partial charge in [0.25, 0.3) is 5.89 Å². The van der Waals surface area contributed by atoms with Crippen molar-refractivity contribution in [3.05, 3.63) is 35.2 Å². The summed E-state index contributed by atoms with van der Waals surface area (Å²) in [5, 5.41) is 6.43. The third kappa shape index (κ3) is 1.87. The smallest absolute Gasteiger partial charge is 0.408 e. The number of aromatic nitrogens is 2. The monoisotopic (exact) mass is 307 g/mol. The maximum absolute atomic E-state index is 12.5. The molecular formula is C14H11F2N3O3. The standard InChI is InChI=1S/C14H11F2N3O3/c15-10(16)12-17-11(19-22-12)8-1-2-9-7(5-8)3-4-14(9)6-21-13(20)18-14/h1-2,5,10H,3-4,6H2,(H,18,20)/t14-/m1/s1. The third-order valence-electron chi connectivity index (χ3n) is 4.12. The number of alkyl halides is 2. The molecule has 4 rings (SSSR count). The van der Waals surface area contributed by atoms with Crippen LogP contribution in [0.5, 0.6) is 0 Å². The molecule has 1 amide bonds. The number of hydrogen-bond donors (Lipinski definition) is 1. The van der Waals surface area contributed by atoms with E-state index in [0.29, 0.717) is 12.2 Å². The van der Waals surface area contributed by atoms with Gasteiger partial charge in [-0.3, -0.25) is 0 Å². The SMILES string of the molecule is O=C1N[C@]2(CCc3cc(-c4noc(C(F)F)n4)ccc32)CO1. The number of amides is 1. The summed E-state index contributed by atoms with van der Waals surface area (Å²) in [6.07, 6.45) is -1.71. The van der Waals surface area contributed by atoms with Gasteiger partial charge in [-0.2, -0.15) is 13.8 Å². The van der Waals surface area contributed by atoms with E-state index in [1.165, 1.54) is 0 Å². The van der Waals surface area contributed by atoms with Gasteiger partial charge in [-0.25, -0.2) is 4.79 Å². The third-order valence-corrected chi connectivity index (χ3v) is 4.12. The average molecular weight is 307 g/mol.